The van der Waals surface area contributed by atoms with Crippen molar-refractivity contribution in [2.24, 2.45) is 0 Å². The Kier molecular flexibility index (Phi) is 8.47. The van der Waals surface area contributed by atoms with Crippen LogP contribution in [0.2, 0.25) is 0 Å². The zero-order chi connectivity index (χ0) is 22.3. The second kappa shape index (κ2) is 10.6. The Labute approximate surface area is 181 Å². The quantitative estimate of drug-likeness (QED) is 0.568. The van der Waals surface area contributed by atoms with E-state index < -0.39 is 16.1 Å². The van der Waals surface area contributed by atoms with Gasteiger partial charge in [0.25, 0.3) is 0 Å². The van der Waals surface area contributed by atoms with Crippen LogP contribution < -0.4 is 9.62 Å². The second-order valence-electron chi connectivity index (χ2n) is 8.11. The number of carbonyl (C=O) groups excluding carboxylic acids is 1. The van der Waals surface area contributed by atoms with E-state index in [2.05, 4.69) is 43.4 Å². The van der Waals surface area contributed by atoms with E-state index in [1.165, 1.54) is 15.4 Å². The van der Waals surface area contributed by atoms with Crippen molar-refractivity contribution in [1.82, 2.24) is 5.32 Å². The number of benzene rings is 2. The first kappa shape index (κ1) is 23.9. The van der Waals surface area contributed by atoms with Crippen LogP contribution in [0.15, 0.2) is 48.5 Å². The molecule has 30 heavy (non-hydrogen) atoms. The van der Waals surface area contributed by atoms with Gasteiger partial charge in [0, 0.05) is 6.54 Å². The van der Waals surface area contributed by atoms with Gasteiger partial charge in [0.05, 0.1) is 11.9 Å². The second-order valence-corrected chi connectivity index (χ2v) is 9.97. The molecule has 1 amide bonds. The number of hydrogen-bond donors (Lipinski definition) is 1. The van der Waals surface area contributed by atoms with Gasteiger partial charge in [-0.05, 0) is 60.9 Å². The van der Waals surface area contributed by atoms with Gasteiger partial charge in [-0.2, -0.15) is 0 Å². The van der Waals surface area contributed by atoms with Crippen molar-refractivity contribution in [2.45, 2.75) is 58.9 Å². The van der Waals surface area contributed by atoms with Gasteiger partial charge in [-0.1, -0.05) is 57.2 Å². The first-order valence-electron chi connectivity index (χ1n) is 10.6. The molecule has 2 aromatic carbocycles. The van der Waals surface area contributed by atoms with Crippen LogP contribution in [0.3, 0.4) is 0 Å². The highest BCUT2D eigenvalue weighted by atomic mass is 32.2. The Morgan fingerprint density at radius 1 is 1.10 bits per heavy atom. The first-order valence-corrected chi connectivity index (χ1v) is 12.4. The average Bonchev–Trinajstić information content (AvgIpc) is 2.68. The third-order valence-corrected chi connectivity index (χ3v) is 6.35. The molecule has 2 rings (SSSR count). The van der Waals surface area contributed by atoms with Crippen molar-refractivity contribution in [3.05, 3.63) is 65.2 Å². The van der Waals surface area contributed by atoms with Crippen LogP contribution >= 0.6 is 0 Å². The summed E-state index contributed by atoms with van der Waals surface area (Å²) in [6.07, 6.45) is 3.20. The molecule has 1 atom stereocenters. The Morgan fingerprint density at radius 3 is 2.30 bits per heavy atom. The largest absolute Gasteiger partial charge is 0.354 e. The van der Waals surface area contributed by atoms with E-state index in [1.54, 1.807) is 18.2 Å². The third-order valence-electron chi connectivity index (χ3n) is 5.17. The summed E-state index contributed by atoms with van der Waals surface area (Å²) in [5.41, 5.74) is 4.01. The van der Waals surface area contributed by atoms with Gasteiger partial charge >= 0.3 is 0 Å². The zero-order valence-electron chi connectivity index (χ0n) is 18.7. The minimum Gasteiger partial charge on any atom is -0.354 e. The van der Waals surface area contributed by atoms with Crippen molar-refractivity contribution in [3.63, 3.8) is 0 Å². The maximum Gasteiger partial charge on any atom is 0.243 e. The normalized spacial score (nSPS) is 12.6. The Balaban J connectivity index is 2.00. The van der Waals surface area contributed by atoms with Crippen LogP contribution in [-0.2, 0) is 21.2 Å². The molecule has 6 heteroatoms. The number of anilines is 1. The summed E-state index contributed by atoms with van der Waals surface area (Å²) in [5.74, 6) is 0.245. The summed E-state index contributed by atoms with van der Waals surface area (Å²) in [6.45, 7) is 8.58. The van der Waals surface area contributed by atoms with E-state index in [0.717, 1.165) is 24.7 Å². The molecule has 0 aliphatic heterocycles. The van der Waals surface area contributed by atoms with Gasteiger partial charge in [0.2, 0.25) is 15.9 Å². The average molecular weight is 431 g/mol. The number of aryl methyl sites for hydroxylation is 2. The van der Waals surface area contributed by atoms with Crippen LogP contribution in [0.1, 0.15) is 56.2 Å². The molecule has 0 radical (unpaired) electrons. The number of carbonyl (C=O) groups is 1. The lowest BCUT2D eigenvalue weighted by Crippen LogP contribution is -2.49. The molecule has 0 bridgehead atoms. The SMILES string of the molecule is CC[C@@H](C(=O)NCCCc1ccc(C(C)C)cc1)N(c1cccc(C)c1)S(C)(=O)=O. The molecule has 0 unspecified atom stereocenters. The summed E-state index contributed by atoms with van der Waals surface area (Å²) in [6, 6.07) is 15.0. The topological polar surface area (TPSA) is 66.5 Å². The molecule has 164 valence electrons. The van der Waals surface area contributed by atoms with E-state index in [0.29, 0.717) is 24.6 Å². The minimum atomic E-state index is -3.60. The number of rotatable bonds is 10. The molecule has 0 aliphatic carbocycles. The zero-order valence-corrected chi connectivity index (χ0v) is 19.5. The van der Waals surface area contributed by atoms with Gasteiger partial charge in [0.1, 0.15) is 6.04 Å². The number of nitrogens with one attached hydrogen (secondary N) is 1. The Morgan fingerprint density at radius 2 is 1.77 bits per heavy atom. The Bertz CT molecular complexity index is 937. The van der Waals surface area contributed by atoms with Gasteiger partial charge in [-0.15, -0.1) is 0 Å². The number of nitrogens with zero attached hydrogens (tertiary/aromatic N) is 1. The van der Waals surface area contributed by atoms with Gasteiger partial charge in [0.15, 0.2) is 0 Å². The molecule has 1 N–H and O–H groups in total. The van der Waals surface area contributed by atoms with Gasteiger partial charge in [-0.3, -0.25) is 9.10 Å². The molecular formula is C24H34N2O3S. The predicted molar refractivity (Wildman–Crippen MR) is 124 cm³/mol. The summed E-state index contributed by atoms with van der Waals surface area (Å²) >= 11 is 0. The van der Waals surface area contributed by atoms with E-state index in [-0.39, 0.29) is 5.91 Å². The maximum atomic E-state index is 12.8. The summed E-state index contributed by atoms with van der Waals surface area (Å²) < 4.78 is 26.2. The van der Waals surface area contributed by atoms with Crippen LogP contribution in [-0.4, -0.2) is 33.2 Å². The maximum absolute atomic E-state index is 12.8. The standard InChI is InChI=1S/C24H34N2O3S/c1-6-23(26(30(5,28)29)22-11-7-9-19(4)17-22)24(27)25-16-8-10-20-12-14-21(15-13-20)18(2)3/h7,9,11-15,17-18,23H,6,8,10,16H2,1-5H3,(H,25,27)/t23-/m0/s1. The number of sulfonamides is 1. The summed E-state index contributed by atoms with van der Waals surface area (Å²) in [5, 5.41) is 2.93. The lowest BCUT2D eigenvalue weighted by atomic mass is 10.0. The fourth-order valence-electron chi connectivity index (χ4n) is 3.52. The first-order chi connectivity index (χ1) is 14.1. The molecule has 0 saturated carbocycles. The fraction of sp³-hybridized carbons (Fsp3) is 0.458. The molecule has 0 heterocycles. The van der Waals surface area contributed by atoms with Crippen LogP contribution in [0.4, 0.5) is 5.69 Å². The van der Waals surface area contributed by atoms with Crippen molar-refractivity contribution in [2.75, 3.05) is 17.1 Å². The van der Waals surface area contributed by atoms with Crippen molar-refractivity contribution in [1.29, 1.82) is 0 Å². The molecule has 0 saturated heterocycles. The molecule has 2 aromatic rings. The van der Waals surface area contributed by atoms with Crippen LogP contribution in [0.25, 0.3) is 0 Å². The Hall–Kier alpha value is -2.34. The summed E-state index contributed by atoms with van der Waals surface area (Å²) in [7, 11) is -3.60. The number of amides is 1. The third kappa shape index (κ3) is 6.59. The van der Waals surface area contributed by atoms with E-state index in [9.17, 15) is 13.2 Å². The van der Waals surface area contributed by atoms with E-state index >= 15 is 0 Å². The smallest absolute Gasteiger partial charge is 0.243 e. The molecule has 0 spiro atoms. The van der Waals surface area contributed by atoms with Gasteiger partial charge in [-0.25, -0.2) is 8.42 Å². The molecule has 0 aromatic heterocycles. The number of hydrogen-bond acceptors (Lipinski definition) is 3. The van der Waals surface area contributed by atoms with Crippen LogP contribution in [0, 0.1) is 6.92 Å². The highest BCUT2D eigenvalue weighted by Gasteiger charge is 2.31. The lowest BCUT2D eigenvalue weighted by molar-refractivity contribution is -0.122. The van der Waals surface area contributed by atoms with Crippen molar-refractivity contribution in [3.8, 4) is 0 Å². The minimum absolute atomic E-state index is 0.264. The lowest BCUT2D eigenvalue weighted by Gasteiger charge is -2.30. The van der Waals surface area contributed by atoms with E-state index in [4.69, 9.17) is 0 Å². The van der Waals surface area contributed by atoms with Gasteiger partial charge < -0.3 is 5.32 Å². The van der Waals surface area contributed by atoms with Crippen LogP contribution in [0.5, 0.6) is 0 Å². The highest BCUT2D eigenvalue weighted by molar-refractivity contribution is 7.92. The molecular weight excluding hydrogens is 396 g/mol. The highest BCUT2D eigenvalue weighted by Crippen LogP contribution is 2.23. The molecule has 0 aliphatic rings. The molecule has 5 nitrogen and oxygen atoms in total. The van der Waals surface area contributed by atoms with E-state index in [1.807, 2.05) is 19.9 Å². The monoisotopic (exact) mass is 430 g/mol. The predicted octanol–water partition coefficient (Wildman–Crippen LogP) is 4.41. The molecule has 0 fully saturated rings. The summed E-state index contributed by atoms with van der Waals surface area (Å²) in [4.78, 5) is 12.8. The van der Waals surface area contributed by atoms with Crippen molar-refractivity contribution >= 4 is 21.6 Å². The van der Waals surface area contributed by atoms with Crippen molar-refractivity contribution < 1.29 is 13.2 Å². The fourth-order valence-corrected chi connectivity index (χ4v) is 4.72.